The van der Waals surface area contributed by atoms with Crippen LogP contribution in [0.5, 0.6) is 0 Å². The highest BCUT2D eigenvalue weighted by Gasteiger charge is 2.36. The summed E-state index contributed by atoms with van der Waals surface area (Å²) in [5.74, 6) is 6.11. The fourth-order valence-corrected chi connectivity index (χ4v) is 8.16. The Kier molecular flexibility index (Phi) is 6.77. The van der Waals surface area contributed by atoms with Crippen molar-refractivity contribution in [1.82, 2.24) is 4.57 Å². The Morgan fingerprint density at radius 2 is 1.05 bits per heavy atom. The van der Waals surface area contributed by atoms with Crippen LogP contribution in [0.25, 0.3) is 49.7 Å². The third-order valence-electron chi connectivity index (χ3n) is 10.9. The molecule has 0 saturated heterocycles. The van der Waals surface area contributed by atoms with Gasteiger partial charge in [-0.2, -0.15) is 0 Å². The van der Waals surface area contributed by atoms with Crippen molar-refractivity contribution in [3.63, 3.8) is 0 Å². The van der Waals surface area contributed by atoms with Crippen LogP contribution >= 0.6 is 0 Å². The number of hydrogen-bond donors (Lipinski definition) is 0. The molecule has 1 heterocycles. The molecule has 0 saturated carbocycles. The third-order valence-corrected chi connectivity index (χ3v) is 10.9. The number of rotatable bonds is 5. The van der Waals surface area contributed by atoms with Crippen molar-refractivity contribution in [2.75, 3.05) is 4.90 Å². The second-order valence-electron chi connectivity index (χ2n) is 14.5. The number of nitrogens with zero attached hydrogens (tertiary/aromatic N) is 2. The molecule has 0 N–H and O–H groups in total. The molecule has 8 aromatic carbocycles. The summed E-state index contributed by atoms with van der Waals surface area (Å²) in [4.78, 5) is 2.17. The molecule has 0 spiro atoms. The smallest absolute Gasteiger partial charge is 0.0636 e. The molecule has 55 heavy (non-hydrogen) atoms. The van der Waals surface area contributed by atoms with E-state index in [1.54, 1.807) is 0 Å². The SMILES string of the molecule is [2H]c1c([2H])c(-c2ccc3c(c2)C(C)(C)c2cc4c5ccccc5n(-c5ccccc5)c4cc2-3)c([2H])c([2H])c1C#Cc1ccc(N(c2ccccc2)c2ccccc2)cc1. The van der Waals surface area contributed by atoms with E-state index in [9.17, 15) is 0 Å². The lowest BCUT2D eigenvalue weighted by molar-refractivity contribution is 0.661. The summed E-state index contributed by atoms with van der Waals surface area (Å²) < 4.78 is 38.7. The average molecular weight is 707 g/mol. The maximum atomic E-state index is 9.15. The van der Waals surface area contributed by atoms with Gasteiger partial charge in [-0.1, -0.05) is 123 Å². The first-order valence-electron chi connectivity index (χ1n) is 20.6. The van der Waals surface area contributed by atoms with E-state index in [1.807, 2.05) is 72.8 Å². The number of benzene rings is 8. The van der Waals surface area contributed by atoms with Gasteiger partial charge >= 0.3 is 0 Å². The summed E-state index contributed by atoms with van der Waals surface area (Å²) in [6, 6.07) is 57.4. The minimum absolute atomic E-state index is 0.0784. The summed E-state index contributed by atoms with van der Waals surface area (Å²) in [6.45, 7) is 4.45. The van der Waals surface area contributed by atoms with Gasteiger partial charge in [-0.3, -0.25) is 0 Å². The van der Waals surface area contributed by atoms with Gasteiger partial charge in [-0.25, -0.2) is 0 Å². The van der Waals surface area contributed by atoms with Crippen LogP contribution < -0.4 is 4.90 Å². The van der Waals surface area contributed by atoms with Gasteiger partial charge in [0.25, 0.3) is 0 Å². The summed E-state index contributed by atoms with van der Waals surface area (Å²) in [7, 11) is 0. The van der Waals surface area contributed by atoms with Crippen LogP contribution in [-0.4, -0.2) is 4.57 Å². The fourth-order valence-electron chi connectivity index (χ4n) is 8.16. The van der Waals surface area contributed by atoms with E-state index in [4.69, 9.17) is 5.48 Å². The zero-order valence-electron chi connectivity index (χ0n) is 34.6. The molecular formula is C53H38N2. The van der Waals surface area contributed by atoms with Crippen LogP contribution in [0.1, 0.15) is 41.6 Å². The molecule has 10 rings (SSSR count). The highest BCUT2D eigenvalue weighted by atomic mass is 15.1. The molecule has 1 aliphatic carbocycles. The highest BCUT2D eigenvalue weighted by Crippen LogP contribution is 2.52. The van der Waals surface area contributed by atoms with E-state index in [0.29, 0.717) is 11.1 Å². The minimum atomic E-state index is -0.372. The molecule has 2 nitrogen and oxygen atoms in total. The van der Waals surface area contributed by atoms with Crippen molar-refractivity contribution in [2.45, 2.75) is 19.3 Å². The van der Waals surface area contributed by atoms with Gasteiger partial charge in [-0.15, -0.1) is 0 Å². The Hall–Kier alpha value is -7.08. The van der Waals surface area contributed by atoms with Crippen molar-refractivity contribution in [2.24, 2.45) is 0 Å². The third kappa shape index (κ3) is 5.61. The number of fused-ring (bicyclic) bond motifs is 6. The normalized spacial score (nSPS) is 13.6. The lowest BCUT2D eigenvalue weighted by Crippen LogP contribution is -2.15. The number of para-hydroxylation sites is 4. The first kappa shape index (κ1) is 28.4. The van der Waals surface area contributed by atoms with Gasteiger partial charge in [0, 0.05) is 50.1 Å². The predicted molar refractivity (Wildman–Crippen MR) is 231 cm³/mol. The van der Waals surface area contributed by atoms with Crippen LogP contribution in [0.4, 0.5) is 17.1 Å². The zero-order chi connectivity index (χ0) is 40.4. The van der Waals surface area contributed by atoms with Crippen molar-refractivity contribution in [1.29, 1.82) is 0 Å². The van der Waals surface area contributed by atoms with Gasteiger partial charge < -0.3 is 9.47 Å². The Morgan fingerprint density at radius 1 is 0.473 bits per heavy atom. The number of aromatic nitrogens is 1. The average Bonchev–Trinajstić information content (AvgIpc) is 3.71. The van der Waals surface area contributed by atoms with Crippen molar-refractivity contribution in [3.05, 3.63) is 216 Å². The van der Waals surface area contributed by atoms with Crippen LogP contribution in [0.3, 0.4) is 0 Å². The maximum absolute atomic E-state index is 9.15. The highest BCUT2D eigenvalue weighted by molar-refractivity contribution is 6.11. The second kappa shape index (κ2) is 13.1. The standard InChI is InChI=1S/C53H38N2/c1-53(2)49-34-40(30-33-45(49)47-36-52-48(35-50(47)53)46-20-12-13-21-51(46)55(52)43-18-10-5-11-19-43)39-28-24-37(25-29-39)22-23-38-26-31-44(32-27-38)54(41-14-6-3-7-15-41)42-16-8-4-9-17-42/h3-21,24-36H,1-2H3/i24D,25D,28D,29D. The van der Waals surface area contributed by atoms with Gasteiger partial charge in [-0.05, 0) is 130 Å². The topological polar surface area (TPSA) is 8.17 Å². The first-order chi connectivity index (χ1) is 28.7. The molecule has 0 radical (unpaired) electrons. The molecule has 260 valence electrons. The molecule has 1 aliphatic rings. The molecule has 0 amide bonds. The van der Waals surface area contributed by atoms with E-state index in [2.05, 4.69) is 132 Å². The molecule has 0 bridgehead atoms. The van der Waals surface area contributed by atoms with Crippen molar-refractivity contribution >= 4 is 38.9 Å². The molecule has 0 unspecified atom stereocenters. The van der Waals surface area contributed by atoms with Gasteiger partial charge in [0.05, 0.1) is 16.5 Å². The maximum Gasteiger partial charge on any atom is 0.0636 e. The summed E-state index contributed by atoms with van der Waals surface area (Å²) in [6.07, 6.45) is 0. The van der Waals surface area contributed by atoms with E-state index >= 15 is 0 Å². The van der Waals surface area contributed by atoms with E-state index in [0.717, 1.165) is 50.5 Å². The minimum Gasteiger partial charge on any atom is -0.311 e. The molecule has 0 fully saturated rings. The first-order valence-corrected chi connectivity index (χ1v) is 18.6. The van der Waals surface area contributed by atoms with E-state index < -0.39 is 0 Å². The number of hydrogen-bond acceptors (Lipinski definition) is 1. The Balaban J connectivity index is 1.01. The van der Waals surface area contributed by atoms with Gasteiger partial charge in [0.1, 0.15) is 0 Å². The zero-order valence-corrected chi connectivity index (χ0v) is 30.6. The quantitative estimate of drug-likeness (QED) is 0.162. The van der Waals surface area contributed by atoms with Crippen LogP contribution in [0, 0.1) is 11.8 Å². The molecule has 0 aliphatic heterocycles. The largest absolute Gasteiger partial charge is 0.311 e. The predicted octanol–water partition coefficient (Wildman–Crippen LogP) is 13.6. The lowest BCUT2D eigenvalue weighted by Gasteiger charge is -2.25. The Labute approximate surface area is 328 Å². The summed E-state index contributed by atoms with van der Waals surface area (Å²) in [5.41, 5.74) is 12.4. The second-order valence-corrected chi connectivity index (χ2v) is 14.5. The van der Waals surface area contributed by atoms with E-state index in [-0.39, 0.29) is 40.7 Å². The summed E-state index contributed by atoms with van der Waals surface area (Å²) in [5, 5.41) is 2.39. The Morgan fingerprint density at radius 3 is 1.75 bits per heavy atom. The fraction of sp³-hybridized carbons (Fsp3) is 0.0566. The molecule has 0 atom stereocenters. The van der Waals surface area contributed by atoms with Gasteiger partial charge in [0.2, 0.25) is 0 Å². The molecule has 2 heteroatoms. The number of anilines is 3. The van der Waals surface area contributed by atoms with Crippen LogP contribution in [0.15, 0.2) is 194 Å². The van der Waals surface area contributed by atoms with E-state index in [1.165, 1.54) is 16.3 Å². The molecule has 1 aromatic heterocycles. The monoisotopic (exact) mass is 706 g/mol. The molecule has 9 aromatic rings. The Bertz CT molecular complexity index is 3090. The summed E-state index contributed by atoms with van der Waals surface area (Å²) >= 11 is 0. The van der Waals surface area contributed by atoms with Crippen molar-refractivity contribution < 1.29 is 5.48 Å². The lowest BCUT2D eigenvalue weighted by atomic mass is 9.81. The molecular weight excluding hydrogens is 665 g/mol. The van der Waals surface area contributed by atoms with Gasteiger partial charge in [0.15, 0.2) is 0 Å². The van der Waals surface area contributed by atoms with Crippen LogP contribution in [0.2, 0.25) is 0 Å². The van der Waals surface area contributed by atoms with Crippen molar-refractivity contribution in [3.8, 4) is 39.8 Å². The van der Waals surface area contributed by atoms with Crippen LogP contribution in [-0.2, 0) is 5.41 Å².